The molecule has 90 valence electrons. The third-order valence-electron chi connectivity index (χ3n) is 1.97. The Bertz CT molecular complexity index is 465. The average molecular weight is 252 g/mol. The van der Waals surface area contributed by atoms with E-state index in [0.29, 0.717) is 16.7 Å². The van der Waals surface area contributed by atoms with Gasteiger partial charge in [0.25, 0.3) is 0 Å². The number of thioether (sulfide) groups is 1. The lowest BCUT2D eigenvalue weighted by atomic mass is 10.2. The normalized spacial score (nSPS) is 11.1. The number of carbonyl (C=O) groups excluding carboxylic acids is 2. The Balaban J connectivity index is 2.91. The van der Waals surface area contributed by atoms with Crippen molar-refractivity contribution in [3.05, 3.63) is 41.0 Å². The number of ether oxygens (including phenoxy) is 1. The Labute approximate surface area is 103 Å². The lowest BCUT2D eigenvalue weighted by Crippen LogP contribution is -2.02. The van der Waals surface area contributed by atoms with Gasteiger partial charge in [0.15, 0.2) is 5.78 Å². The smallest absolute Gasteiger partial charge is 0.347 e. The van der Waals surface area contributed by atoms with Gasteiger partial charge in [-0.3, -0.25) is 4.79 Å². The molecule has 0 heterocycles. The largest absolute Gasteiger partial charge is 0.514 e. The van der Waals surface area contributed by atoms with Gasteiger partial charge in [-0.1, -0.05) is 23.9 Å². The highest BCUT2D eigenvalue weighted by atomic mass is 32.2. The molecule has 17 heavy (non-hydrogen) atoms. The molecule has 0 unspecified atom stereocenters. The van der Waals surface area contributed by atoms with Gasteiger partial charge >= 0.3 is 5.97 Å². The number of methoxy groups -OCH3 is 1. The van der Waals surface area contributed by atoms with Crippen LogP contribution in [0.3, 0.4) is 0 Å². The zero-order valence-corrected chi connectivity index (χ0v) is 10.3. The highest BCUT2D eigenvalue weighted by molar-refractivity contribution is 8.04. The van der Waals surface area contributed by atoms with Crippen LogP contribution >= 0.6 is 11.8 Å². The van der Waals surface area contributed by atoms with Crippen molar-refractivity contribution in [3.63, 3.8) is 0 Å². The molecule has 0 fully saturated rings. The van der Waals surface area contributed by atoms with Crippen molar-refractivity contribution in [2.75, 3.05) is 7.11 Å². The maximum Gasteiger partial charge on any atom is 0.347 e. The number of hydrogen-bond donors (Lipinski definition) is 1. The summed E-state index contributed by atoms with van der Waals surface area (Å²) in [4.78, 5) is 23.2. The van der Waals surface area contributed by atoms with Gasteiger partial charge in [-0.25, -0.2) is 4.79 Å². The quantitative estimate of drug-likeness (QED) is 0.293. The summed E-state index contributed by atoms with van der Waals surface area (Å²) >= 11 is 1.04. The van der Waals surface area contributed by atoms with E-state index in [2.05, 4.69) is 4.74 Å². The number of benzene rings is 1. The molecule has 0 aromatic heterocycles. The second-order valence-electron chi connectivity index (χ2n) is 3.17. The van der Waals surface area contributed by atoms with Crippen LogP contribution in [0.5, 0.6) is 0 Å². The molecular formula is C12H12O4S. The SMILES string of the molecule is COC(=O)C(=CO)Sc1cccc(C(C)=O)c1. The van der Waals surface area contributed by atoms with E-state index >= 15 is 0 Å². The number of Topliss-reactive ketones (excluding diaryl/α,β-unsaturated/α-hetero) is 1. The number of aliphatic hydroxyl groups is 1. The van der Waals surface area contributed by atoms with E-state index in [-0.39, 0.29) is 10.7 Å². The average Bonchev–Trinajstić information content (AvgIpc) is 2.35. The van der Waals surface area contributed by atoms with E-state index in [0.717, 1.165) is 11.8 Å². The zero-order chi connectivity index (χ0) is 12.8. The predicted octanol–water partition coefficient (Wildman–Crippen LogP) is 2.55. The third-order valence-corrected chi connectivity index (χ3v) is 2.95. The Hall–Kier alpha value is -1.75. The molecule has 0 atom stereocenters. The van der Waals surface area contributed by atoms with Crippen molar-refractivity contribution in [1.29, 1.82) is 0 Å². The van der Waals surface area contributed by atoms with E-state index < -0.39 is 5.97 Å². The minimum Gasteiger partial charge on any atom is -0.514 e. The van der Waals surface area contributed by atoms with Crippen LogP contribution < -0.4 is 0 Å². The van der Waals surface area contributed by atoms with E-state index in [4.69, 9.17) is 5.11 Å². The minimum absolute atomic E-state index is 0.0555. The Morgan fingerprint density at radius 3 is 2.65 bits per heavy atom. The van der Waals surface area contributed by atoms with Crippen LogP contribution in [-0.2, 0) is 9.53 Å². The van der Waals surface area contributed by atoms with Crippen LogP contribution in [0.2, 0.25) is 0 Å². The molecule has 1 aromatic carbocycles. The summed E-state index contributed by atoms with van der Waals surface area (Å²) < 4.78 is 4.50. The molecule has 5 heteroatoms. The molecule has 0 radical (unpaired) electrons. The first-order chi connectivity index (χ1) is 8.08. The zero-order valence-electron chi connectivity index (χ0n) is 9.47. The molecule has 0 saturated heterocycles. The molecular weight excluding hydrogens is 240 g/mol. The van der Waals surface area contributed by atoms with Crippen LogP contribution in [-0.4, -0.2) is 24.0 Å². The topological polar surface area (TPSA) is 63.6 Å². The molecule has 0 aliphatic heterocycles. The van der Waals surface area contributed by atoms with Crippen molar-refractivity contribution >= 4 is 23.5 Å². The fraction of sp³-hybridized carbons (Fsp3) is 0.167. The predicted molar refractivity (Wildman–Crippen MR) is 65.0 cm³/mol. The Morgan fingerprint density at radius 2 is 2.12 bits per heavy atom. The van der Waals surface area contributed by atoms with Gasteiger partial charge in [-0.05, 0) is 19.1 Å². The number of aliphatic hydroxyl groups excluding tert-OH is 1. The summed E-state index contributed by atoms with van der Waals surface area (Å²) in [6.45, 7) is 1.47. The van der Waals surface area contributed by atoms with Crippen LogP contribution in [0.15, 0.2) is 40.3 Å². The van der Waals surface area contributed by atoms with E-state index in [1.165, 1.54) is 14.0 Å². The summed E-state index contributed by atoms with van der Waals surface area (Å²) in [6.07, 6.45) is 0.691. The molecule has 0 amide bonds. The van der Waals surface area contributed by atoms with Gasteiger partial charge in [-0.15, -0.1) is 0 Å². The second kappa shape index (κ2) is 6.10. The van der Waals surface area contributed by atoms with E-state index in [9.17, 15) is 9.59 Å². The first kappa shape index (κ1) is 13.3. The fourth-order valence-electron chi connectivity index (χ4n) is 1.13. The molecule has 1 rings (SSSR count). The van der Waals surface area contributed by atoms with Crippen LogP contribution in [0.4, 0.5) is 0 Å². The molecule has 4 nitrogen and oxygen atoms in total. The maximum atomic E-state index is 11.2. The van der Waals surface area contributed by atoms with Crippen LogP contribution in [0, 0.1) is 0 Å². The molecule has 1 aromatic rings. The second-order valence-corrected chi connectivity index (χ2v) is 4.29. The van der Waals surface area contributed by atoms with Gasteiger partial charge < -0.3 is 9.84 Å². The summed E-state index contributed by atoms with van der Waals surface area (Å²) in [5, 5.41) is 8.92. The number of carbonyl (C=O) groups is 2. The van der Waals surface area contributed by atoms with Crippen molar-refractivity contribution in [2.24, 2.45) is 0 Å². The Morgan fingerprint density at radius 1 is 1.41 bits per heavy atom. The number of rotatable bonds is 4. The Kier molecular flexibility index (Phi) is 4.78. The third kappa shape index (κ3) is 3.64. The lowest BCUT2D eigenvalue weighted by Gasteiger charge is -2.04. The van der Waals surface area contributed by atoms with Gasteiger partial charge in [0, 0.05) is 10.5 Å². The number of ketones is 1. The maximum absolute atomic E-state index is 11.2. The molecule has 0 aliphatic carbocycles. The van der Waals surface area contributed by atoms with Gasteiger partial charge in [0.1, 0.15) is 11.2 Å². The molecule has 0 bridgehead atoms. The van der Waals surface area contributed by atoms with E-state index in [1.54, 1.807) is 24.3 Å². The molecule has 0 spiro atoms. The van der Waals surface area contributed by atoms with Crippen molar-refractivity contribution in [2.45, 2.75) is 11.8 Å². The molecule has 0 saturated carbocycles. The highest BCUT2D eigenvalue weighted by Gasteiger charge is 2.12. The van der Waals surface area contributed by atoms with Crippen molar-refractivity contribution < 1.29 is 19.4 Å². The number of esters is 1. The lowest BCUT2D eigenvalue weighted by molar-refractivity contribution is -0.135. The van der Waals surface area contributed by atoms with Gasteiger partial charge in [0.2, 0.25) is 0 Å². The summed E-state index contributed by atoms with van der Waals surface area (Å²) in [6, 6.07) is 6.79. The van der Waals surface area contributed by atoms with Gasteiger partial charge in [0.05, 0.1) is 7.11 Å². The van der Waals surface area contributed by atoms with Crippen LogP contribution in [0.25, 0.3) is 0 Å². The summed E-state index contributed by atoms with van der Waals surface area (Å²) in [7, 11) is 1.23. The monoisotopic (exact) mass is 252 g/mol. The summed E-state index contributed by atoms with van der Waals surface area (Å²) in [5.41, 5.74) is 0.553. The summed E-state index contributed by atoms with van der Waals surface area (Å²) in [5.74, 6) is -0.675. The number of hydrogen-bond acceptors (Lipinski definition) is 5. The first-order valence-electron chi connectivity index (χ1n) is 4.80. The fourth-order valence-corrected chi connectivity index (χ4v) is 1.93. The molecule has 1 N–H and O–H groups in total. The van der Waals surface area contributed by atoms with Crippen molar-refractivity contribution in [1.82, 2.24) is 0 Å². The van der Waals surface area contributed by atoms with Crippen LogP contribution in [0.1, 0.15) is 17.3 Å². The standard InChI is InChI=1S/C12H12O4S/c1-8(14)9-4-3-5-10(6-9)17-11(7-13)12(15)16-2/h3-7,13H,1-2H3. The van der Waals surface area contributed by atoms with E-state index in [1.807, 2.05) is 0 Å². The highest BCUT2D eigenvalue weighted by Crippen LogP contribution is 2.27. The van der Waals surface area contributed by atoms with Crippen molar-refractivity contribution in [3.8, 4) is 0 Å². The molecule has 0 aliphatic rings. The van der Waals surface area contributed by atoms with Gasteiger partial charge in [-0.2, -0.15) is 0 Å². The first-order valence-corrected chi connectivity index (χ1v) is 5.61. The minimum atomic E-state index is -0.620.